The molecular formula is C23H22Cl2FNO2. The SMILES string of the molecule is COc1cc(CNCc2ccc(C)cc2)cc(Cl)c1OCc1ccc(F)cc1Cl. The summed E-state index contributed by atoms with van der Waals surface area (Å²) in [6.45, 7) is 3.61. The molecule has 0 bridgehead atoms. The van der Waals surface area contributed by atoms with Crippen molar-refractivity contribution in [1.82, 2.24) is 5.32 Å². The molecule has 0 spiro atoms. The topological polar surface area (TPSA) is 30.5 Å². The Morgan fingerprint density at radius 2 is 1.62 bits per heavy atom. The van der Waals surface area contributed by atoms with Crippen molar-refractivity contribution in [2.75, 3.05) is 7.11 Å². The van der Waals surface area contributed by atoms with Gasteiger partial charge in [-0.1, -0.05) is 59.1 Å². The zero-order valence-electron chi connectivity index (χ0n) is 16.3. The molecule has 0 aliphatic rings. The first-order valence-electron chi connectivity index (χ1n) is 9.15. The maximum atomic E-state index is 13.2. The van der Waals surface area contributed by atoms with Gasteiger partial charge in [-0.25, -0.2) is 4.39 Å². The molecule has 1 N–H and O–H groups in total. The Labute approximate surface area is 180 Å². The van der Waals surface area contributed by atoms with Gasteiger partial charge in [0.2, 0.25) is 0 Å². The number of ether oxygens (including phenoxy) is 2. The third kappa shape index (κ3) is 5.86. The van der Waals surface area contributed by atoms with Crippen LogP contribution in [0.5, 0.6) is 11.5 Å². The lowest BCUT2D eigenvalue weighted by Gasteiger charge is -2.15. The van der Waals surface area contributed by atoms with Crippen LogP contribution in [0.3, 0.4) is 0 Å². The standard InChI is InChI=1S/C23H22Cl2FNO2/c1-15-3-5-16(6-4-15)12-27-13-17-9-21(25)23(22(10-17)28-2)29-14-18-7-8-19(26)11-20(18)24/h3-11,27H,12-14H2,1-2H3. The van der Waals surface area contributed by atoms with E-state index < -0.39 is 5.82 Å². The van der Waals surface area contributed by atoms with Gasteiger partial charge in [0.05, 0.1) is 17.2 Å². The van der Waals surface area contributed by atoms with Gasteiger partial charge < -0.3 is 14.8 Å². The normalized spacial score (nSPS) is 10.8. The highest BCUT2D eigenvalue weighted by molar-refractivity contribution is 6.32. The highest BCUT2D eigenvalue weighted by Crippen LogP contribution is 2.37. The first-order chi connectivity index (χ1) is 14.0. The summed E-state index contributed by atoms with van der Waals surface area (Å²) in [4.78, 5) is 0. The average Bonchev–Trinajstić information content (AvgIpc) is 2.69. The van der Waals surface area contributed by atoms with Crippen LogP contribution >= 0.6 is 23.2 Å². The summed E-state index contributed by atoms with van der Waals surface area (Å²) in [5.74, 6) is 0.566. The molecular weight excluding hydrogens is 412 g/mol. The molecule has 0 atom stereocenters. The first-order valence-corrected chi connectivity index (χ1v) is 9.91. The lowest BCUT2D eigenvalue weighted by Crippen LogP contribution is -2.13. The minimum absolute atomic E-state index is 0.153. The molecule has 3 rings (SSSR count). The van der Waals surface area contributed by atoms with E-state index in [1.165, 1.54) is 23.3 Å². The molecule has 29 heavy (non-hydrogen) atoms. The van der Waals surface area contributed by atoms with Crippen molar-refractivity contribution < 1.29 is 13.9 Å². The van der Waals surface area contributed by atoms with E-state index in [4.69, 9.17) is 32.7 Å². The molecule has 3 aromatic carbocycles. The molecule has 0 unspecified atom stereocenters. The molecule has 0 aliphatic carbocycles. The van der Waals surface area contributed by atoms with Crippen molar-refractivity contribution in [3.05, 3.63) is 92.7 Å². The molecule has 6 heteroatoms. The zero-order valence-corrected chi connectivity index (χ0v) is 17.8. The molecule has 0 aromatic heterocycles. The lowest BCUT2D eigenvalue weighted by molar-refractivity contribution is 0.284. The number of methoxy groups -OCH3 is 1. The second-order valence-electron chi connectivity index (χ2n) is 6.72. The summed E-state index contributed by atoms with van der Waals surface area (Å²) in [5, 5.41) is 4.14. The fourth-order valence-electron chi connectivity index (χ4n) is 2.86. The smallest absolute Gasteiger partial charge is 0.180 e. The molecule has 0 aliphatic heterocycles. The van der Waals surface area contributed by atoms with Crippen LogP contribution in [0.1, 0.15) is 22.3 Å². The number of nitrogens with one attached hydrogen (secondary N) is 1. The summed E-state index contributed by atoms with van der Waals surface area (Å²) < 4.78 is 24.5. The fraction of sp³-hybridized carbons (Fsp3) is 0.217. The fourth-order valence-corrected chi connectivity index (χ4v) is 3.37. The average molecular weight is 434 g/mol. The van der Waals surface area contributed by atoms with Gasteiger partial charge in [0.1, 0.15) is 12.4 Å². The van der Waals surface area contributed by atoms with Crippen LogP contribution in [0.15, 0.2) is 54.6 Å². The number of aryl methyl sites for hydroxylation is 1. The highest BCUT2D eigenvalue weighted by Gasteiger charge is 2.13. The van der Waals surface area contributed by atoms with E-state index in [0.29, 0.717) is 33.7 Å². The number of benzene rings is 3. The van der Waals surface area contributed by atoms with Gasteiger partial charge >= 0.3 is 0 Å². The van der Waals surface area contributed by atoms with Gasteiger partial charge in [-0.2, -0.15) is 0 Å². The molecule has 0 fully saturated rings. The molecule has 0 saturated heterocycles. The number of hydrogen-bond donors (Lipinski definition) is 1. The van der Waals surface area contributed by atoms with Crippen molar-refractivity contribution in [2.45, 2.75) is 26.6 Å². The van der Waals surface area contributed by atoms with Crippen molar-refractivity contribution in [2.24, 2.45) is 0 Å². The highest BCUT2D eigenvalue weighted by atomic mass is 35.5. The van der Waals surface area contributed by atoms with E-state index in [2.05, 4.69) is 36.5 Å². The van der Waals surface area contributed by atoms with Crippen molar-refractivity contribution in [3.8, 4) is 11.5 Å². The summed E-state index contributed by atoms with van der Waals surface area (Å²) in [5.41, 5.74) is 4.09. The van der Waals surface area contributed by atoms with Crippen LogP contribution in [0.25, 0.3) is 0 Å². The van der Waals surface area contributed by atoms with Crippen molar-refractivity contribution in [3.63, 3.8) is 0 Å². The van der Waals surface area contributed by atoms with E-state index in [9.17, 15) is 4.39 Å². The number of halogens is 3. The Hall–Kier alpha value is -2.27. The Morgan fingerprint density at radius 1 is 0.897 bits per heavy atom. The second-order valence-corrected chi connectivity index (χ2v) is 7.54. The van der Waals surface area contributed by atoms with Crippen LogP contribution in [0.2, 0.25) is 10.0 Å². The van der Waals surface area contributed by atoms with Gasteiger partial charge in [0.15, 0.2) is 11.5 Å². The van der Waals surface area contributed by atoms with Crippen LogP contribution in [-0.4, -0.2) is 7.11 Å². The lowest BCUT2D eigenvalue weighted by atomic mass is 10.1. The molecule has 0 saturated carbocycles. The van der Waals surface area contributed by atoms with Gasteiger partial charge in [-0.3, -0.25) is 0 Å². The zero-order chi connectivity index (χ0) is 20.8. The largest absolute Gasteiger partial charge is 0.493 e. The maximum absolute atomic E-state index is 13.2. The predicted molar refractivity (Wildman–Crippen MR) is 115 cm³/mol. The van der Waals surface area contributed by atoms with Crippen LogP contribution < -0.4 is 14.8 Å². The van der Waals surface area contributed by atoms with E-state index in [-0.39, 0.29) is 6.61 Å². The molecule has 3 aromatic rings. The maximum Gasteiger partial charge on any atom is 0.180 e. The molecule has 152 valence electrons. The summed E-state index contributed by atoms with van der Waals surface area (Å²) in [6.07, 6.45) is 0. The third-order valence-corrected chi connectivity index (χ3v) is 5.09. The van der Waals surface area contributed by atoms with Gasteiger partial charge in [-0.05, 0) is 42.3 Å². The van der Waals surface area contributed by atoms with E-state index in [1.807, 2.05) is 12.1 Å². The molecule has 0 radical (unpaired) electrons. The van der Waals surface area contributed by atoms with Crippen molar-refractivity contribution >= 4 is 23.2 Å². The van der Waals surface area contributed by atoms with Crippen LogP contribution in [0.4, 0.5) is 4.39 Å². The predicted octanol–water partition coefficient (Wildman–Crippen LogP) is 6.32. The Kier molecular flexibility index (Phi) is 7.37. The summed E-state index contributed by atoms with van der Waals surface area (Å²) in [7, 11) is 1.56. The molecule has 0 amide bonds. The van der Waals surface area contributed by atoms with Crippen LogP contribution in [0, 0.1) is 12.7 Å². The Morgan fingerprint density at radius 3 is 2.31 bits per heavy atom. The molecule has 0 heterocycles. The summed E-state index contributed by atoms with van der Waals surface area (Å²) >= 11 is 12.5. The van der Waals surface area contributed by atoms with Crippen molar-refractivity contribution in [1.29, 1.82) is 0 Å². The van der Waals surface area contributed by atoms with E-state index in [0.717, 1.165) is 12.1 Å². The summed E-state index contributed by atoms with van der Waals surface area (Å²) in [6, 6.07) is 16.3. The van der Waals surface area contributed by atoms with Gasteiger partial charge in [-0.15, -0.1) is 0 Å². The Balaban J connectivity index is 1.65. The second kappa shape index (κ2) is 9.97. The Bertz CT molecular complexity index is 977. The van der Waals surface area contributed by atoms with E-state index in [1.54, 1.807) is 13.2 Å². The van der Waals surface area contributed by atoms with E-state index >= 15 is 0 Å². The molecule has 3 nitrogen and oxygen atoms in total. The monoisotopic (exact) mass is 433 g/mol. The quantitative estimate of drug-likeness (QED) is 0.450. The van der Waals surface area contributed by atoms with Crippen LogP contribution in [-0.2, 0) is 19.7 Å². The first kappa shape index (κ1) is 21.4. The minimum Gasteiger partial charge on any atom is -0.493 e. The minimum atomic E-state index is -0.392. The van der Waals surface area contributed by atoms with Gasteiger partial charge in [0.25, 0.3) is 0 Å². The number of rotatable bonds is 8. The third-order valence-electron chi connectivity index (χ3n) is 4.46. The van der Waals surface area contributed by atoms with Gasteiger partial charge in [0, 0.05) is 18.7 Å². The number of hydrogen-bond acceptors (Lipinski definition) is 3.